The zero-order valence-electron chi connectivity index (χ0n) is 13.9. The first-order valence-electron chi connectivity index (χ1n) is 7.33. The molecule has 0 bridgehead atoms. The minimum atomic E-state index is -3.95. The summed E-state index contributed by atoms with van der Waals surface area (Å²) in [7, 11) is -2.45. The Morgan fingerprint density at radius 3 is 2.44 bits per heavy atom. The monoisotopic (exact) mass is 384 g/mol. The van der Waals surface area contributed by atoms with Crippen LogP contribution in [0.4, 0.5) is 11.4 Å². The molecule has 0 saturated heterocycles. The first kappa shape index (κ1) is 19.0. The molecule has 0 amide bonds. The molecule has 0 aliphatic carbocycles. The minimum absolute atomic E-state index is 0.0511. The van der Waals surface area contributed by atoms with E-state index in [1.54, 1.807) is 19.9 Å². The fraction of sp³-hybridized carbons (Fsp3) is 0.250. The smallest absolute Gasteiger partial charge is 0.271 e. The van der Waals surface area contributed by atoms with Crippen molar-refractivity contribution >= 4 is 33.0 Å². The van der Waals surface area contributed by atoms with E-state index < -0.39 is 14.9 Å². The third-order valence-electron chi connectivity index (χ3n) is 3.65. The number of hydrogen-bond acceptors (Lipinski definition) is 5. The number of sulfonamides is 1. The average molecular weight is 385 g/mol. The summed E-state index contributed by atoms with van der Waals surface area (Å²) in [5, 5.41) is 11.1. The van der Waals surface area contributed by atoms with Gasteiger partial charge in [-0.3, -0.25) is 14.4 Å². The minimum Gasteiger partial charge on any atom is -0.496 e. The lowest BCUT2D eigenvalue weighted by Gasteiger charge is -2.24. The number of rotatable bonds is 6. The van der Waals surface area contributed by atoms with Gasteiger partial charge in [0.05, 0.1) is 27.6 Å². The second kappa shape index (κ2) is 7.28. The molecule has 0 fully saturated rings. The van der Waals surface area contributed by atoms with E-state index in [4.69, 9.17) is 16.3 Å². The SMILES string of the molecule is CCN(c1cc([N+](=O)[O-])ccc1Cl)S(=O)(=O)c1ccc(OC)c(C)c1. The van der Waals surface area contributed by atoms with E-state index in [0.717, 1.165) is 10.4 Å². The van der Waals surface area contributed by atoms with E-state index in [1.165, 1.54) is 31.4 Å². The van der Waals surface area contributed by atoms with Gasteiger partial charge < -0.3 is 4.74 Å². The Hall–Kier alpha value is -2.32. The lowest BCUT2D eigenvalue weighted by Crippen LogP contribution is -2.31. The van der Waals surface area contributed by atoms with Crippen LogP contribution in [0.15, 0.2) is 41.3 Å². The van der Waals surface area contributed by atoms with E-state index in [0.29, 0.717) is 11.3 Å². The van der Waals surface area contributed by atoms with Crippen LogP contribution in [0.1, 0.15) is 12.5 Å². The maximum absolute atomic E-state index is 13.0. The highest BCUT2D eigenvalue weighted by Crippen LogP contribution is 2.34. The van der Waals surface area contributed by atoms with Crippen LogP contribution >= 0.6 is 11.6 Å². The maximum Gasteiger partial charge on any atom is 0.271 e. The van der Waals surface area contributed by atoms with Crippen LogP contribution in [0.5, 0.6) is 5.75 Å². The number of ether oxygens (including phenoxy) is 1. The highest BCUT2D eigenvalue weighted by atomic mass is 35.5. The molecule has 0 aliphatic rings. The lowest BCUT2D eigenvalue weighted by molar-refractivity contribution is -0.384. The first-order chi connectivity index (χ1) is 11.7. The van der Waals surface area contributed by atoms with Gasteiger partial charge in [0.1, 0.15) is 5.75 Å². The van der Waals surface area contributed by atoms with E-state index in [-0.39, 0.29) is 27.8 Å². The summed E-state index contributed by atoms with van der Waals surface area (Å²) in [6.45, 7) is 3.42. The molecule has 2 aromatic rings. The van der Waals surface area contributed by atoms with Gasteiger partial charge in [-0.15, -0.1) is 0 Å². The van der Waals surface area contributed by atoms with Crippen LogP contribution < -0.4 is 9.04 Å². The Bertz CT molecular complexity index is 915. The highest BCUT2D eigenvalue weighted by molar-refractivity contribution is 7.92. The highest BCUT2D eigenvalue weighted by Gasteiger charge is 2.27. The van der Waals surface area contributed by atoms with Crippen LogP contribution in [-0.4, -0.2) is 27.0 Å². The average Bonchev–Trinajstić information content (AvgIpc) is 2.56. The van der Waals surface area contributed by atoms with Crippen molar-refractivity contribution in [1.29, 1.82) is 0 Å². The number of non-ortho nitro benzene ring substituents is 1. The summed E-state index contributed by atoms with van der Waals surface area (Å²) >= 11 is 6.10. The van der Waals surface area contributed by atoms with Crippen LogP contribution in [0.3, 0.4) is 0 Å². The number of methoxy groups -OCH3 is 1. The van der Waals surface area contributed by atoms with Crippen LogP contribution in [0.2, 0.25) is 5.02 Å². The zero-order valence-corrected chi connectivity index (χ0v) is 15.5. The quantitative estimate of drug-likeness (QED) is 0.558. The van der Waals surface area contributed by atoms with E-state index in [9.17, 15) is 18.5 Å². The van der Waals surface area contributed by atoms with Crippen molar-refractivity contribution in [2.45, 2.75) is 18.7 Å². The summed E-state index contributed by atoms with van der Waals surface area (Å²) in [5.74, 6) is 0.565. The Balaban J connectivity index is 2.58. The fourth-order valence-electron chi connectivity index (χ4n) is 2.41. The van der Waals surface area contributed by atoms with Gasteiger partial charge in [-0.1, -0.05) is 11.6 Å². The van der Waals surface area contributed by atoms with Crippen LogP contribution in [0, 0.1) is 17.0 Å². The van der Waals surface area contributed by atoms with Crippen molar-refractivity contribution in [2.24, 2.45) is 0 Å². The van der Waals surface area contributed by atoms with Crippen LogP contribution in [-0.2, 0) is 10.0 Å². The molecule has 0 saturated carbocycles. The van der Waals surface area contributed by atoms with Gasteiger partial charge in [0, 0.05) is 18.7 Å². The summed E-state index contributed by atoms with van der Waals surface area (Å²) < 4.78 is 32.2. The molecule has 0 aromatic heterocycles. The molecule has 0 aliphatic heterocycles. The Kier molecular flexibility index (Phi) is 5.54. The van der Waals surface area contributed by atoms with E-state index in [1.807, 2.05) is 0 Å². The lowest BCUT2D eigenvalue weighted by atomic mass is 10.2. The second-order valence-electron chi connectivity index (χ2n) is 5.19. The molecule has 0 spiro atoms. The van der Waals surface area contributed by atoms with Gasteiger partial charge in [0.15, 0.2) is 0 Å². The standard InChI is InChI=1S/C16H17ClN2O5S/c1-4-18(15-10-12(19(20)21)5-7-14(15)17)25(22,23)13-6-8-16(24-3)11(2)9-13/h5-10H,4H2,1-3H3. The van der Waals surface area contributed by atoms with Gasteiger partial charge in [-0.25, -0.2) is 8.42 Å². The van der Waals surface area contributed by atoms with E-state index in [2.05, 4.69) is 0 Å². The number of halogens is 1. The normalized spacial score (nSPS) is 11.2. The van der Waals surface area contributed by atoms with Crippen molar-refractivity contribution in [3.63, 3.8) is 0 Å². The predicted octanol–water partition coefficient (Wildman–Crippen LogP) is 3.78. The number of nitro benzene ring substituents is 1. The van der Waals surface area contributed by atoms with Crippen LogP contribution in [0.25, 0.3) is 0 Å². The van der Waals surface area contributed by atoms with E-state index >= 15 is 0 Å². The van der Waals surface area contributed by atoms with Crippen molar-refractivity contribution in [3.8, 4) is 5.75 Å². The number of anilines is 1. The maximum atomic E-state index is 13.0. The number of hydrogen-bond donors (Lipinski definition) is 0. The molecule has 0 N–H and O–H groups in total. The molecule has 7 nitrogen and oxygen atoms in total. The molecule has 0 atom stereocenters. The summed E-state index contributed by atoms with van der Waals surface area (Å²) in [6.07, 6.45) is 0. The topological polar surface area (TPSA) is 89.8 Å². The number of aryl methyl sites for hydroxylation is 1. The van der Waals surface area contributed by atoms with Crippen molar-refractivity contribution < 1.29 is 18.1 Å². The van der Waals surface area contributed by atoms with Crippen molar-refractivity contribution in [3.05, 3.63) is 57.1 Å². The summed E-state index contributed by atoms with van der Waals surface area (Å²) in [4.78, 5) is 10.4. The molecule has 134 valence electrons. The van der Waals surface area contributed by atoms with Crippen molar-refractivity contribution in [1.82, 2.24) is 0 Å². The predicted molar refractivity (Wildman–Crippen MR) is 96.0 cm³/mol. The third kappa shape index (κ3) is 3.69. The van der Waals surface area contributed by atoms with Crippen molar-refractivity contribution in [2.75, 3.05) is 18.0 Å². The number of benzene rings is 2. The first-order valence-corrected chi connectivity index (χ1v) is 9.15. The van der Waals surface area contributed by atoms with Gasteiger partial charge in [0.2, 0.25) is 0 Å². The van der Waals surface area contributed by atoms with Gasteiger partial charge in [-0.2, -0.15) is 0 Å². The Labute approximate surface area is 151 Å². The number of nitrogens with zero attached hydrogens (tertiary/aromatic N) is 2. The molecule has 2 aromatic carbocycles. The molecule has 0 unspecified atom stereocenters. The Morgan fingerprint density at radius 1 is 1.24 bits per heavy atom. The largest absolute Gasteiger partial charge is 0.496 e. The third-order valence-corrected chi connectivity index (χ3v) is 5.86. The Morgan fingerprint density at radius 2 is 1.92 bits per heavy atom. The summed E-state index contributed by atoms with van der Waals surface area (Å²) in [5.41, 5.74) is 0.482. The summed E-state index contributed by atoms with van der Waals surface area (Å²) in [6, 6.07) is 8.17. The second-order valence-corrected chi connectivity index (χ2v) is 7.46. The molecule has 0 heterocycles. The van der Waals surface area contributed by atoms with Gasteiger partial charge in [-0.05, 0) is 43.7 Å². The molecular weight excluding hydrogens is 368 g/mol. The molecule has 9 heteroatoms. The molecular formula is C16H17ClN2O5S. The fourth-order valence-corrected chi connectivity index (χ4v) is 4.25. The molecule has 0 radical (unpaired) electrons. The number of nitro groups is 1. The molecule has 2 rings (SSSR count). The molecule has 25 heavy (non-hydrogen) atoms. The van der Waals surface area contributed by atoms with Gasteiger partial charge in [0.25, 0.3) is 15.7 Å². The van der Waals surface area contributed by atoms with Gasteiger partial charge >= 0.3 is 0 Å². The zero-order chi connectivity index (χ0) is 18.8.